The zero-order valence-electron chi connectivity index (χ0n) is 17.6. The van der Waals surface area contributed by atoms with Gasteiger partial charge in [0.25, 0.3) is 5.91 Å². The summed E-state index contributed by atoms with van der Waals surface area (Å²) in [6.07, 6.45) is 1.40. The molecule has 0 spiro atoms. The Balaban J connectivity index is 1.51. The van der Waals surface area contributed by atoms with Crippen LogP contribution in [0.2, 0.25) is 5.02 Å². The highest BCUT2D eigenvalue weighted by Crippen LogP contribution is 2.30. The summed E-state index contributed by atoms with van der Waals surface area (Å²) in [4.78, 5) is 28.7. The van der Waals surface area contributed by atoms with Gasteiger partial charge in [0.05, 0.1) is 5.02 Å². The Morgan fingerprint density at radius 1 is 1.03 bits per heavy atom. The largest absolute Gasteiger partial charge is 0.482 e. The summed E-state index contributed by atoms with van der Waals surface area (Å²) in [6, 6.07) is 15.5. The first kappa shape index (κ1) is 22.2. The number of carbonyl (C=O) groups is 2. The predicted molar refractivity (Wildman–Crippen MR) is 120 cm³/mol. The fourth-order valence-corrected chi connectivity index (χ4v) is 4.06. The highest BCUT2D eigenvalue weighted by Gasteiger charge is 2.29. The Bertz CT molecular complexity index is 860. The summed E-state index contributed by atoms with van der Waals surface area (Å²) in [5, 5.41) is 0.479. The van der Waals surface area contributed by atoms with Crippen LogP contribution in [0.25, 0.3) is 11.1 Å². The van der Waals surface area contributed by atoms with Crippen LogP contribution < -0.4 is 4.74 Å². The fraction of sp³-hybridized carbons (Fsp3) is 0.417. The number of halogens is 1. The Kier molecular flexibility index (Phi) is 7.75. The van der Waals surface area contributed by atoms with E-state index >= 15 is 0 Å². The molecule has 5 nitrogen and oxygen atoms in total. The molecule has 3 rings (SSSR count). The van der Waals surface area contributed by atoms with Crippen molar-refractivity contribution in [3.8, 4) is 16.9 Å². The molecule has 2 amide bonds. The standard InChI is InChI=1S/C24H29ClN2O3/c1-3-26(4-2)24(29)19-12-14-27(15-13-19)23(28)17-30-22-11-10-20(16-21(22)25)18-8-6-5-7-9-18/h5-11,16,19H,3-4,12-15,17H2,1-2H3. The number of carbonyl (C=O) groups excluding carboxylic acids is 2. The number of hydrogen-bond donors (Lipinski definition) is 0. The third-order valence-corrected chi connectivity index (χ3v) is 5.96. The SMILES string of the molecule is CCN(CC)C(=O)C1CCN(C(=O)COc2ccc(-c3ccccc3)cc2Cl)CC1. The van der Waals surface area contributed by atoms with Crippen molar-refractivity contribution in [2.45, 2.75) is 26.7 Å². The van der Waals surface area contributed by atoms with Crippen LogP contribution in [0.15, 0.2) is 48.5 Å². The van der Waals surface area contributed by atoms with Crippen LogP contribution in [0, 0.1) is 5.92 Å². The number of rotatable bonds is 7. The van der Waals surface area contributed by atoms with Crippen LogP contribution >= 0.6 is 11.6 Å². The van der Waals surface area contributed by atoms with Gasteiger partial charge in [0.2, 0.25) is 5.91 Å². The smallest absolute Gasteiger partial charge is 0.260 e. The molecule has 30 heavy (non-hydrogen) atoms. The lowest BCUT2D eigenvalue weighted by molar-refractivity contribution is -0.141. The van der Waals surface area contributed by atoms with Gasteiger partial charge in [-0.25, -0.2) is 0 Å². The number of hydrogen-bond acceptors (Lipinski definition) is 3. The van der Waals surface area contributed by atoms with Crippen molar-refractivity contribution in [3.63, 3.8) is 0 Å². The molecule has 0 N–H and O–H groups in total. The number of nitrogens with zero attached hydrogens (tertiary/aromatic N) is 2. The first-order chi connectivity index (χ1) is 14.5. The number of benzene rings is 2. The molecule has 0 unspecified atom stereocenters. The van der Waals surface area contributed by atoms with Crippen LogP contribution in [0.1, 0.15) is 26.7 Å². The second-order valence-electron chi connectivity index (χ2n) is 7.47. The summed E-state index contributed by atoms with van der Waals surface area (Å²) in [7, 11) is 0. The fourth-order valence-electron chi connectivity index (χ4n) is 3.83. The van der Waals surface area contributed by atoms with Gasteiger partial charge in [0, 0.05) is 32.1 Å². The van der Waals surface area contributed by atoms with Gasteiger partial charge in [-0.1, -0.05) is 48.0 Å². The Morgan fingerprint density at radius 3 is 2.30 bits per heavy atom. The summed E-state index contributed by atoms with van der Waals surface area (Å²) in [5.41, 5.74) is 2.07. The third kappa shape index (κ3) is 5.33. The second kappa shape index (κ2) is 10.5. The maximum Gasteiger partial charge on any atom is 0.260 e. The maximum atomic E-state index is 12.6. The van der Waals surface area contributed by atoms with E-state index in [1.807, 2.05) is 61.2 Å². The van der Waals surface area contributed by atoms with Crippen molar-refractivity contribution < 1.29 is 14.3 Å². The van der Waals surface area contributed by atoms with E-state index in [2.05, 4.69) is 0 Å². The molecule has 6 heteroatoms. The molecule has 0 radical (unpaired) electrons. The highest BCUT2D eigenvalue weighted by atomic mass is 35.5. The van der Waals surface area contributed by atoms with E-state index in [-0.39, 0.29) is 24.3 Å². The third-order valence-electron chi connectivity index (χ3n) is 5.66. The van der Waals surface area contributed by atoms with Crippen LogP contribution in [0.3, 0.4) is 0 Å². The lowest BCUT2D eigenvalue weighted by Crippen LogP contribution is -2.45. The van der Waals surface area contributed by atoms with Crippen LogP contribution in [0.5, 0.6) is 5.75 Å². The topological polar surface area (TPSA) is 49.9 Å². The Hall–Kier alpha value is -2.53. The van der Waals surface area contributed by atoms with Gasteiger partial charge >= 0.3 is 0 Å². The number of ether oxygens (including phenoxy) is 1. The van der Waals surface area contributed by atoms with E-state index in [0.717, 1.165) is 24.2 Å². The minimum Gasteiger partial charge on any atom is -0.482 e. The molecule has 0 saturated carbocycles. The Labute approximate surface area is 183 Å². The van der Waals surface area contributed by atoms with Crippen molar-refractivity contribution in [3.05, 3.63) is 53.6 Å². The molecule has 1 aliphatic rings. The van der Waals surface area contributed by atoms with E-state index in [4.69, 9.17) is 16.3 Å². The number of piperidine rings is 1. The summed E-state index contributed by atoms with van der Waals surface area (Å²) in [5.74, 6) is 0.631. The second-order valence-corrected chi connectivity index (χ2v) is 7.87. The van der Waals surface area contributed by atoms with E-state index in [9.17, 15) is 9.59 Å². The molecule has 1 aliphatic heterocycles. The van der Waals surface area contributed by atoms with Gasteiger partial charge < -0.3 is 14.5 Å². The molecule has 0 bridgehead atoms. The first-order valence-corrected chi connectivity index (χ1v) is 11.0. The van der Waals surface area contributed by atoms with Crippen molar-refractivity contribution in [2.75, 3.05) is 32.8 Å². The van der Waals surface area contributed by atoms with Crippen LogP contribution in [0.4, 0.5) is 0 Å². The molecular formula is C24H29ClN2O3. The van der Waals surface area contributed by atoms with Gasteiger partial charge in [0.15, 0.2) is 6.61 Å². The molecule has 160 valence electrons. The molecule has 0 aromatic heterocycles. The van der Waals surface area contributed by atoms with Gasteiger partial charge in [0.1, 0.15) is 5.75 Å². The first-order valence-electron chi connectivity index (χ1n) is 10.6. The van der Waals surface area contributed by atoms with Gasteiger partial charge in [-0.05, 0) is 49.9 Å². The molecule has 2 aromatic rings. The molecule has 1 heterocycles. The lowest BCUT2D eigenvalue weighted by atomic mass is 9.95. The molecule has 2 aromatic carbocycles. The van der Waals surface area contributed by atoms with Crippen molar-refractivity contribution in [1.29, 1.82) is 0 Å². The Morgan fingerprint density at radius 2 is 1.70 bits per heavy atom. The van der Waals surface area contributed by atoms with Crippen molar-refractivity contribution >= 4 is 23.4 Å². The molecule has 0 aliphatic carbocycles. The van der Waals surface area contributed by atoms with E-state index in [1.54, 1.807) is 11.0 Å². The zero-order valence-corrected chi connectivity index (χ0v) is 18.4. The van der Waals surface area contributed by atoms with E-state index in [1.165, 1.54) is 0 Å². The number of likely N-dealkylation sites (tertiary alicyclic amines) is 1. The van der Waals surface area contributed by atoms with Gasteiger partial charge in [-0.15, -0.1) is 0 Å². The summed E-state index contributed by atoms with van der Waals surface area (Å²) < 4.78 is 5.69. The highest BCUT2D eigenvalue weighted by molar-refractivity contribution is 6.32. The number of amides is 2. The predicted octanol–water partition coefficient (Wildman–Crippen LogP) is 4.49. The van der Waals surface area contributed by atoms with Crippen LogP contribution in [-0.4, -0.2) is 54.4 Å². The zero-order chi connectivity index (χ0) is 21.5. The van der Waals surface area contributed by atoms with E-state index in [0.29, 0.717) is 36.7 Å². The molecule has 1 fully saturated rings. The normalized spacial score (nSPS) is 14.4. The maximum absolute atomic E-state index is 12.6. The average molecular weight is 429 g/mol. The van der Waals surface area contributed by atoms with Crippen molar-refractivity contribution in [1.82, 2.24) is 9.80 Å². The van der Waals surface area contributed by atoms with Crippen LogP contribution in [-0.2, 0) is 9.59 Å². The van der Waals surface area contributed by atoms with Gasteiger partial charge in [-0.2, -0.15) is 0 Å². The summed E-state index contributed by atoms with van der Waals surface area (Å²) >= 11 is 6.37. The van der Waals surface area contributed by atoms with Gasteiger partial charge in [-0.3, -0.25) is 9.59 Å². The lowest BCUT2D eigenvalue weighted by Gasteiger charge is -2.33. The minimum atomic E-state index is -0.0769. The quantitative estimate of drug-likeness (QED) is 0.652. The molecule has 0 atom stereocenters. The minimum absolute atomic E-state index is 0.00911. The average Bonchev–Trinajstić information content (AvgIpc) is 2.79. The summed E-state index contributed by atoms with van der Waals surface area (Å²) in [6.45, 7) is 6.56. The van der Waals surface area contributed by atoms with Crippen molar-refractivity contribution in [2.24, 2.45) is 5.92 Å². The molecule has 1 saturated heterocycles. The molecular weight excluding hydrogens is 400 g/mol. The monoisotopic (exact) mass is 428 g/mol. The van der Waals surface area contributed by atoms with E-state index < -0.39 is 0 Å².